The summed E-state index contributed by atoms with van der Waals surface area (Å²) in [5.74, 6) is 0. The average Bonchev–Trinajstić information content (AvgIpc) is 2.05. The van der Waals surface area contributed by atoms with Crippen LogP contribution in [0.4, 0.5) is 5.69 Å². The highest BCUT2D eigenvalue weighted by molar-refractivity contribution is 7.89. The van der Waals surface area contributed by atoms with E-state index in [1.54, 1.807) is 19.1 Å². The van der Waals surface area contributed by atoms with Crippen LogP contribution in [0.25, 0.3) is 0 Å². The van der Waals surface area contributed by atoms with Gasteiger partial charge in [0, 0.05) is 11.7 Å². The zero-order valence-electron chi connectivity index (χ0n) is 9.11. The molecule has 0 saturated carbocycles. The summed E-state index contributed by atoms with van der Waals surface area (Å²) < 4.78 is 22.5. The molecule has 0 unspecified atom stereocenters. The number of benzene rings is 1. The average molecular weight is 228 g/mol. The van der Waals surface area contributed by atoms with Crippen molar-refractivity contribution in [1.29, 1.82) is 0 Å². The second kappa shape index (κ2) is 4.20. The van der Waals surface area contributed by atoms with E-state index in [9.17, 15) is 8.42 Å². The molecule has 1 rings (SSSR count). The summed E-state index contributed by atoms with van der Waals surface area (Å²) in [6, 6.07) is 5.39. The first-order valence-electron chi connectivity index (χ1n) is 4.70. The molecule has 0 fully saturated rings. The maximum Gasteiger partial charge on any atom is 0.238 e. The smallest absolute Gasteiger partial charge is 0.238 e. The Labute approximate surface area is 90.5 Å². The number of anilines is 1. The molecule has 0 heterocycles. The van der Waals surface area contributed by atoms with Crippen LogP contribution in [0.2, 0.25) is 0 Å². The standard InChI is InChI=1S/C10H16N2O2S/c1-7(2)12-9-5-4-8(3)10(6-9)15(11,13)14/h4-7,12H,1-3H3,(H2,11,13,14). The highest BCUT2D eigenvalue weighted by Crippen LogP contribution is 2.19. The topological polar surface area (TPSA) is 72.2 Å². The Balaban J connectivity index is 3.18. The van der Waals surface area contributed by atoms with E-state index >= 15 is 0 Å². The Kier molecular flexibility index (Phi) is 3.36. The van der Waals surface area contributed by atoms with Crippen LogP contribution in [0.1, 0.15) is 19.4 Å². The number of hydrogen-bond acceptors (Lipinski definition) is 3. The predicted octanol–water partition coefficient (Wildman–Crippen LogP) is 1.46. The van der Waals surface area contributed by atoms with Gasteiger partial charge in [0.2, 0.25) is 10.0 Å². The van der Waals surface area contributed by atoms with Gasteiger partial charge in [0.1, 0.15) is 0 Å². The van der Waals surface area contributed by atoms with Gasteiger partial charge in [-0.2, -0.15) is 0 Å². The lowest BCUT2D eigenvalue weighted by Gasteiger charge is -2.12. The van der Waals surface area contributed by atoms with E-state index in [4.69, 9.17) is 5.14 Å². The molecule has 0 aliphatic heterocycles. The Hall–Kier alpha value is -1.07. The van der Waals surface area contributed by atoms with Crippen molar-refractivity contribution in [3.8, 4) is 0 Å². The maximum atomic E-state index is 11.2. The van der Waals surface area contributed by atoms with Gasteiger partial charge in [-0.1, -0.05) is 6.07 Å². The largest absolute Gasteiger partial charge is 0.383 e. The minimum Gasteiger partial charge on any atom is -0.383 e. The van der Waals surface area contributed by atoms with E-state index in [0.717, 1.165) is 5.69 Å². The van der Waals surface area contributed by atoms with E-state index in [1.807, 2.05) is 19.9 Å². The van der Waals surface area contributed by atoms with Gasteiger partial charge in [-0.15, -0.1) is 0 Å². The fourth-order valence-electron chi connectivity index (χ4n) is 1.33. The van der Waals surface area contributed by atoms with Crippen LogP contribution in [0.3, 0.4) is 0 Å². The maximum absolute atomic E-state index is 11.2. The van der Waals surface area contributed by atoms with Gasteiger partial charge in [0.05, 0.1) is 4.90 Å². The van der Waals surface area contributed by atoms with Crippen LogP contribution in [-0.4, -0.2) is 14.5 Å². The van der Waals surface area contributed by atoms with Crippen molar-refractivity contribution in [2.75, 3.05) is 5.32 Å². The van der Waals surface area contributed by atoms with Crippen LogP contribution >= 0.6 is 0 Å². The second-order valence-electron chi connectivity index (χ2n) is 3.82. The molecular weight excluding hydrogens is 212 g/mol. The van der Waals surface area contributed by atoms with Gasteiger partial charge in [-0.3, -0.25) is 0 Å². The van der Waals surface area contributed by atoms with Crippen molar-refractivity contribution in [3.05, 3.63) is 23.8 Å². The molecule has 0 aliphatic rings. The lowest BCUT2D eigenvalue weighted by Crippen LogP contribution is -2.15. The highest BCUT2D eigenvalue weighted by Gasteiger charge is 2.12. The van der Waals surface area contributed by atoms with Gasteiger partial charge in [-0.25, -0.2) is 13.6 Å². The van der Waals surface area contributed by atoms with Crippen LogP contribution in [0.5, 0.6) is 0 Å². The van der Waals surface area contributed by atoms with E-state index in [-0.39, 0.29) is 10.9 Å². The number of rotatable bonds is 3. The normalized spacial score (nSPS) is 11.8. The first kappa shape index (κ1) is 12.0. The molecule has 1 aromatic carbocycles. The molecule has 0 saturated heterocycles. The molecular formula is C10H16N2O2S. The zero-order chi connectivity index (χ0) is 11.6. The van der Waals surface area contributed by atoms with Crippen molar-refractivity contribution >= 4 is 15.7 Å². The minimum absolute atomic E-state index is 0.174. The fourth-order valence-corrected chi connectivity index (χ4v) is 2.14. The number of hydrogen-bond donors (Lipinski definition) is 2. The molecule has 5 heteroatoms. The molecule has 4 nitrogen and oxygen atoms in total. The van der Waals surface area contributed by atoms with E-state index < -0.39 is 10.0 Å². The monoisotopic (exact) mass is 228 g/mol. The molecule has 84 valence electrons. The number of nitrogens with two attached hydrogens (primary N) is 1. The third kappa shape index (κ3) is 3.21. The Morgan fingerprint density at radius 2 is 1.93 bits per heavy atom. The molecule has 3 N–H and O–H groups in total. The highest BCUT2D eigenvalue weighted by atomic mass is 32.2. The van der Waals surface area contributed by atoms with Gasteiger partial charge in [-0.05, 0) is 38.5 Å². The summed E-state index contributed by atoms with van der Waals surface area (Å²) in [4.78, 5) is 0.174. The molecule has 0 aromatic heterocycles. The van der Waals surface area contributed by atoms with Gasteiger partial charge in [0.25, 0.3) is 0 Å². The lowest BCUT2D eigenvalue weighted by atomic mass is 10.2. The summed E-state index contributed by atoms with van der Waals surface area (Å²) in [7, 11) is -3.63. The first-order valence-corrected chi connectivity index (χ1v) is 6.25. The van der Waals surface area contributed by atoms with Crippen molar-refractivity contribution in [3.63, 3.8) is 0 Å². The van der Waals surface area contributed by atoms with E-state index in [1.165, 1.54) is 0 Å². The molecule has 15 heavy (non-hydrogen) atoms. The minimum atomic E-state index is -3.63. The van der Waals surface area contributed by atoms with E-state index in [2.05, 4.69) is 5.32 Å². The van der Waals surface area contributed by atoms with Gasteiger partial charge >= 0.3 is 0 Å². The third-order valence-electron chi connectivity index (χ3n) is 1.95. The fraction of sp³-hybridized carbons (Fsp3) is 0.400. The number of aryl methyl sites for hydroxylation is 1. The molecule has 0 amide bonds. The van der Waals surface area contributed by atoms with Crippen molar-refractivity contribution < 1.29 is 8.42 Å². The van der Waals surface area contributed by atoms with Crippen LogP contribution < -0.4 is 10.5 Å². The molecule has 0 radical (unpaired) electrons. The van der Waals surface area contributed by atoms with Crippen LogP contribution in [0.15, 0.2) is 23.1 Å². The SMILES string of the molecule is Cc1ccc(NC(C)C)cc1S(N)(=O)=O. The number of nitrogens with one attached hydrogen (secondary N) is 1. The first-order chi connectivity index (χ1) is 6.80. The second-order valence-corrected chi connectivity index (χ2v) is 5.35. The summed E-state index contributed by atoms with van der Waals surface area (Å²) >= 11 is 0. The quantitative estimate of drug-likeness (QED) is 0.822. The Morgan fingerprint density at radius 1 is 1.33 bits per heavy atom. The molecule has 0 spiro atoms. The Bertz CT molecular complexity index is 452. The summed E-state index contributed by atoms with van der Waals surface area (Å²) in [6.45, 7) is 5.69. The summed E-state index contributed by atoms with van der Waals surface area (Å²) in [5.41, 5.74) is 1.42. The van der Waals surface area contributed by atoms with Crippen molar-refractivity contribution in [2.24, 2.45) is 5.14 Å². The van der Waals surface area contributed by atoms with Gasteiger partial charge in [0.15, 0.2) is 0 Å². The third-order valence-corrected chi connectivity index (χ3v) is 3.00. The summed E-state index contributed by atoms with van der Waals surface area (Å²) in [6.07, 6.45) is 0. The lowest BCUT2D eigenvalue weighted by molar-refractivity contribution is 0.597. The summed E-state index contributed by atoms with van der Waals surface area (Å²) in [5, 5.41) is 8.23. The number of primary sulfonamides is 1. The predicted molar refractivity (Wildman–Crippen MR) is 61.3 cm³/mol. The molecule has 0 atom stereocenters. The van der Waals surface area contributed by atoms with E-state index in [0.29, 0.717) is 5.56 Å². The van der Waals surface area contributed by atoms with Crippen molar-refractivity contribution in [2.45, 2.75) is 31.7 Å². The Morgan fingerprint density at radius 3 is 2.40 bits per heavy atom. The van der Waals surface area contributed by atoms with Crippen molar-refractivity contribution in [1.82, 2.24) is 0 Å². The zero-order valence-corrected chi connectivity index (χ0v) is 9.93. The molecule has 0 bridgehead atoms. The van der Waals surface area contributed by atoms with Crippen LogP contribution in [-0.2, 0) is 10.0 Å². The molecule has 0 aliphatic carbocycles. The molecule has 1 aromatic rings. The number of sulfonamides is 1. The van der Waals surface area contributed by atoms with Crippen LogP contribution in [0, 0.1) is 6.92 Å². The van der Waals surface area contributed by atoms with Gasteiger partial charge < -0.3 is 5.32 Å².